The van der Waals surface area contributed by atoms with Gasteiger partial charge >= 0.3 is 0 Å². The number of methoxy groups -OCH3 is 1. The molecule has 0 atom stereocenters. The van der Waals surface area contributed by atoms with Crippen molar-refractivity contribution in [1.82, 2.24) is 5.01 Å². The molecule has 0 aliphatic carbocycles. The number of hydrogen-bond acceptors (Lipinski definition) is 5. The molecule has 3 aromatic rings. The second-order valence-corrected chi connectivity index (χ2v) is 7.38. The van der Waals surface area contributed by atoms with E-state index in [1.807, 2.05) is 6.07 Å². The van der Waals surface area contributed by atoms with Gasteiger partial charge in [-0.2, -0.15) is 5.10 Å². The Morgan fingerprint density at radius 2 is 1.74 bits per heavy atom. The maximum atomic E-state index is 12.6. The summed E-state index contributed by atoms with van der Waals surface area (Å²) in [4.78, 5) is 24.8. The Bertz CT molecular complexity index is 1120. The zero-order chi connectivity index (χ0) is 22.4. The van der Waals surface area contributed by atoms with E-state index in [0.717, 1.165) is 0 Å². The molecule has 0 bridgehead atoms. The SMILES string of the molecule is COc1cc(/C=N/N(C)C(=O)c2ccc(NC(=O)c3ccccc3)cc2)cc(Br)c1O. The molecule has 0 saturated carbocycles. The summed E-state index contributed by atoms with van der Waals surface area (Å²) >= 11 is 3.25. The number of ether oxygens (including phenoxy) is 1. The summed E-state index contributed by atoms with van der Waals surface area (Å²) in [5.41, 5.74) is 2.19. The predicted molar refractivity (Wildman–Crippen MR) is 123 cm³/mol. The van der Waals surface area contributed by atoms with Crippen LogP contribution in [0.2, 0.25) is 0 Å². The highest BCUT2D eigenvalue weighted by atomic mass is 79.9. The molecule has 2 N–H and O–H groups in total. The zero-order valence-corrected chi connectivity index (χ0v) is 18.5. The highest BCUT2D eigenvalue weighted by Gasteiger charge is 2.12. The van der Waals surface area contributed by atoms with Crippen molar-refractivity contribution in [1.29, 1.82) is 0 Å². The molecule has 0 spiro atoms. The predicted octanol–water partition coefficient (Wildman–Crippen LogP) is 4.52. The van der Waals surface area contributed by atoms with Crippen LogP contribution in [-0.2, 0) is 0 Å². The molecular formula is C23H20BrN3O4. The van der Waals surface area contributed by atoms with Gasteiger partial charge in [0.05, 0.1) is 17.8 Å². The maximum Gasteiger partial charge on any atom is 0.273 e. The van der Waals surface area contributed by atoms with Gasteiger partial charge in [-0.1, -0.05) is 18.2 Å². The van der Waals surface area contributed by atoms with Crippen molar-refractivity contribution in [3.05, 3.63) is 87.9 Å². The molecule has 0 saturated heterocycles. The molecule has 0 heterocycles. The van der Waals surface area contributed by atoms with Crippen molar-refractivity contribution in [2.45, 2.75) is 0 Å². The Labute approximate surface area is 188 Å². The van der Waals surface area contributed by atoms with Crippen LogP contribution in [0.15, 0.2) is 76.3 Å². The summed E-state index contributed by atoms with van der Waals surface area (Å²) in [7, 11) is 2.99. The third-order valence-corrected chi connectivity index (χ3v) is 4.97. The van der Waals surface area contributed by atoms with E-state index in [1.54, 1.807) is 60.7 Å². The molecule has 0 fully saturated rings. The minimum absolute atomic E-state index is 0.0106. The molecular weight excluding hydrogens is 462 g/mol. The van der Waals surface area contributed by atoms with E-state index in [-0.39, 0.29) is 23.3 Å². The van der Waals surface area contributed by atoms with Gasteiger partial charge in [-0.25, -0.2) is 5.01 Å². The maximum absolute atomic E-state index is 12.6. The van der Waals surface area contributed by atoms with Gasteiger partial charge in [0.25, 0.3) is 11.8 Å². The number of rotatable bonds is 6. The lowest BCUT2D eigenvalue weighted by molar-refractivity contribution is 0.0800. The number of phenols is 1. The number of nitrogens with zero attached hydrogens (tertiary/aromatic N) is 2. The third kappa shape index (κ3) is 5.49. The number of carbonyl (C=O) groups is 2. The summed E-state index contributed by atoms with van der Waals surface area (Å²) in [6.07, 6.45) is 1.49. The van der Waals surface area contributed by atoms with E-state index < -0.39 is 0 Å². The molecule has 0 aliphatic heterocycles. The molecule has 0 aliphatic rings. The van der Waals surface area contributed by atoms with Crippen molar-refractivity contribution in [2.75, 3.05) is 19.5 Å². The van der Waals surface area contributed by atoms with Crippen molar-refractivity contribution >= 4 is 39.6 Å². The lowest BCUT2D eigenvalue weighted by Crippen LogP contribution is -2.21. The van der Waals surface area contributed by atoms with Crippen LogP contribution in [0.4, 0.5) is 5.69 Å². The van der Waals surface area contributed by atoms with Gasteiger partial charge in [0.15, 0.2) is 11.5 Å². The van der Waals surface area contributed by atoms with Crippen LogP contribution < -0.4 is 10.1 Å². The van der Waals surface area contributed by atoms with E-state index in [9.17, 15) is 14.7 Å². The van der Waals surface area contributed by atoms with E-state index in [4.69, 9.17) is 4.74 Å². The Balaban J connectivity index is 1.66. The van der Waals surface area contributed by atoms with Gasteiger partial charge in [0.1, 0.15) is 0 Å². The third-order valence-electron chi connectivity index (χ3n) is 4.37. The van der Waals surface area contributed by atoms with Gasteiger partial charge in [-0.3, -0.25) is 9.59 Å². The average molecular weight is 482 g/mol. The number of amides is 2. The molecule has 0 aromatic heterocycles. The van der Waals surface area contributed by atoms with Crippen molar-refractivity contribution < 1.29 is 19.4 Å². The molecule has 3 rings (SSSR count). The topological polar surface area (TPSA) is 91.2 Å². The zero-order valence-electron chi connectivity index (χ0n) is 16.9. The molecule has 0 unspecified atom stereocenters. The number of phenolic OH excluding ortho intramolecular Hbond substituents is 1. The Morgan fingerprint density at radius 1 is 1.06 bits per heavy atom. The normalized spacial score (nSPS) is 10.7. The number of hydrogen-bond donors (Lipinski definition) is 2. The van der Waals surface area contributed by atoms with Crippen LogP contribution in [0.3, 0.4) is 0 Å². The van der Waals surface area contributed by atoms with Crippen LogP contribution in [0.5, 0.6) is 11.5 Å². The fourth-order valence-electron chi connectivity index (χ4n) is 2.71. The first-order chi connectivity index (χ1) is 14.9. The second kappa shape index (κ2) is 9.90. The highest BCUT2D eigenvalue weighted by Crippen LogP contribution is 2.34. The summed E-state index contributed by atoms with van der Waals surface area (Å²) in [6, 6.07) is 18.7. The van der Waals surface area contributed by atoms with Crippen molar-refractivity contribution in [3.8, 4) is 11.5 Å². The largest absolute Gasteiger partial charge is 0.503 e. The number of hydrazone groups is 1. The quantitative estimate of drug-likeness (QED) is 0.399. The minimum Gasteiger partial charge on any atom is -0.503 e. The summed E-state index contributed by atoms with van der Waals surface area (Å²) in [5.74, 6) is -0.264. The Hall–Kier alpha value is -3.65. The van der Waals surface area contributed by atoms with Crippen molar-refractivity contribution in [3.63, 3.8) is 0 Å². The van der Waals surface area contributed by atoms with E-state index in [1.165, 1.54) is 25.4 Å². The Morgan fingerprint density at radius 3 is 2.39 bits per heavy atom. The fourth-order valence-corrected chi connectivity index (χ4v) is 3.17. The smallest absolute Gasteiger partial charge is 0.273 e. The summed E-state index contributed by atoms with van der Waals surface area (Å²) < 4.78 is 5.56. The van der Waals surface area contributed by atoms with E-state index >= 15 is 0 Å². The first kappa shape index (κ1) is 22.0. The monoisotopic (exact) mass is 481 g/mol. The van der Waals surface area contributed by atoms with E-state index in [2.05, 4.69) is 26.3 Å². The van der Waals surface area contributed by atoms with Crippen LogP contribution in [0.1, 0.15) is 26.3 Å². The van der Waals surface area contributed by atoms with Crippen LogP contribution in [0, 0.1) is 0 Å². The van der Waals surface area contributed by atoms with Gasteiger partial charge in [0.2, 0.25) is 0 Å². The van der Waals surface area contributed by atoms with Gasteiger partial charge in [0, 0.05) is 23.9 Å². The number of nitrogens with one attached hydrogen (secondary N) is 1. The molecule has 31 heavy (non-hydrogen) atoms. The number of aromatic hydroxyl groups is 1. The summed E-state index contributed by atoms with van der Waals surface area (Å²) in [5, 5.41) is 18.0. The molecule has 2 amide bonds. The van der Waals surface area contributed by atoms with Crippen LogP contribution >= 0.6 is 15.9 Å². The number of carbonyl (C=O) groups excluding carboxylic acids is 2. The lowest BCUT2D eigenvalue weighted by atomic mass is 10.1. The van der Waals surface area contributed by atoms with Gasteiger partial charge in [-0.15, -0.1) is 0 Å². The Kier molecular flexibility index (Phi) is 7.04. The average Bonchev–Trinajstić information content (AvgIpc) is 2.80. The molecule has 7 nitrogen and oxygen atoms in total. The second-order valence-electron chi connectivity index (χ2n) is 6.52. The minimum atomic E-state index is -0.318. The van der Waals surface area contributed by atoms with Gasteiger partial charge in [-0.05, 0) is 70.0 Å². The molecule has 8 heteroatoms. The van der Waals surface area contributed by atoms with Crippen LogP contribution in [-0.4, -0.2) is 42.3 Å². The number of benzene rings is 3. The van der Waals surface area contributed by atoms with Crippen molar-refractivity contribution in [2.24, 2.45) is 5.10 Å². The first-order valence-electron chi connectivity index (χ1n) is 9.24. The lowest BCUT2D eigenvalue weighted by Gasteiger charge is -2.12. The molecule has 158 valence electrons. The standard InChI is InChI=1S/C23H20BrN3O4/c1-27(25-14-15-12-19(24)21(28)20(13-15)31-2)23(30)17-8-10-18(11-9-17)26-22(29)16-6-4-3-5-7-16/h3-14,28H,1-2H3,(H,26,29)/b25-14+. The van der Waals surface area contributed by atoms with Crippen LogP contribution in [0.25, 0.3) is 0 Å². The number of anilines is 1. The fraction of sp³-hybridized carbons (Fsp3) is 0.0870. The molecule has 3 aromatic carbocycles. The highest BCUT2D eigenvalue weighted by molar-refractivity contribution is 9.10. The first-order valence-corrected chi connectivity index (χ1v) is 10.0. The molecule has 0 radical (unpaired) electrons. The van der Waals surface area contributed by atoms with E-state index in [0.29, 0.717) is 26.9 Å². The summed E-state index contributed by atoms with van der Waals surface area (Å²) in [6.45, 7) is 0. The van der Waals surface area contributed by atoms with Gasteiger partial charge < -0.3 is 15.2 Å². The number of halogens is 1.